The Labute approximate surface area is 673 Å². The Morgan fingerprint density at radius 1 is 0.379 bits per heavy atom. The molecule has 1 fully saturated rings. The van der Waals surface area contributed by atoms with Gasteiger partial charge in [-0.15, -0.1) is 0 Å². The molecule has 0 unspecified atom stereocenters. The van der Waals surface area contributed by atoms with Gasteiger partial charge in [-0.2, -0.15) is 0 Å². The monoisotopic (exact) mass is 1570 g/mol. The quantitative estimate of drug-likeness (QED) is 0.0809. The molecule has 0 spiro atoms. The molecule has 0 amide bonds. The van der Waals surface area contributed by atoms with Gasteiger partial charge in [0.05, 0.1) is 86.3 Å². The lowest BCUT2D eigenvalue weighted by atomic mass is 9.90. The first-order valence-corrected chi connectivity index (χ1v) is 38.8. The summed E-state index contributed by atoms with van der Waals surface area (Å²) in [6, 6.07) is 38.7. The van der Waals surface area contributed by atoms with Crippen molar-refractivity contribution in [2.24, 2.45) is 0 Å². The average molecular weight is 1570 g/mol. The number of aromatic nitrogens is 8. The standard InChI is InChI=1S/C24H27N3O4.C23H25N3O3.C22H23N3O3.C22H25N3O3/c1-16-12-19(17-6-8-26(9-7-17)10-11-28)15-27-23(29)14-20(25-24(16)27)18-4-5-21(30-2)22(13-18)31-3;1-15-11-18(16-7-9-25(2)10-8-16)14-26-22(27)13-19(24-23(15)26)17-5-6-20(28-3)21(12-17)29-4;1-24-10-8-15(9-11-24)17-5-7-21-23-18(13-22(26)25(21)14-17)16-4-6-19(27-2)20(12-16)28-3;1-14-10-17(15-6-8-23-9-7-15)13-25-21(26)12-18(24-22(14)25)16-4-5-19(27-2)20(11-16)28-3/h4-6,12-15,28H,7-11H2,1-3H3;5-7,11-14H,8-10H2,1-4H3;4-8,12-14H,9-11H2,1-3H3;4-5,10-13,15,23H,6-9H2,1-3H3. The van der Waals surface area contributed by atoms with Crippen LogP contribution in [0.3, 0.4) is 0 Å². The zero-order chi connectivity index (χ0) is 81.8. The SMILES string of the molecule is COc1ccc(-c2cc(=O)n3cc(C4=CCN(C)CC4)cc(C)c3n2)cc1OC.COc1ccc(-c2cc(=O)n3cc(C4=CCN(C)CC4)ccc3n2)cc1OC.COc1ccc(-c2cc(=O)n3cc(C4=CCN(CCO)CC4)cc(C)c3n2)cc1OC.COc1ccc(-c2cc(=O)n3cc(C4CCNCC4)cc(C)c3n2)cc1OC. The van der Waals surface area contributed by atoms with Gasteiger partial charge in [0.2, 0.25) is 0 Å². The molecule has 25 nitrogen and oxygen atoms in total. The van der Waals surface area contributed by atoms with Crippen LogP contribution in [0.25, 0.3) is 84.3 Å². The Hall–Kier alpha value is -12.3. The summed E-state index contributed by atoms with van der Waals surface area (Å²) in [6.45, 7) is 14.5. The van der Waals surface area contributed by atoms with Crippen molar-refractivity contribution in [2.75, 3.05) is 136 Å². The third kappa shape index (κ3) is 18.3. The molecule has 25 heteroatoms. The van der Waals surface area contributed by atoms with Gasteiger partial charge in [0.1, 0.15) is 22.6 Å². The number of aliphatic hydroxyl groups is 1. The Morgan fingerprint density at radius 2 is 0.724 bits per heavy atom. The van der Waals surface area contributed by atoms with Gasteiger partial charge in [-0.1, -0.05) is 24.3 Å². The predicted molar refractivity (Wildman–Crippen MR) is 455 cm³/mol. The van der Waals surface area contributed by atoms with Gasteiger partial charge in [0.15, 0.2) is 46.0 Å². The molecule has 8 aromatic heterocycles. The molecule has 602 valence electrons. The number of pyridine rings is 4. The third-order valence-electron chi connectivity index (χ3n) is 21.7. The molecular weight excluding hydrogens is 1470 g/mol. The number of fused-ring (bicyclic) bond motifs is 4. The fourth-order valence-electron chi connectivity index (χ4n) is 15.1. The molecule has 0 saturated carbocycles. The zero-order valence-electron chi connectivity index (χ0n) is 68.1. The van der Waals surface area contributed by atoms with E-state index in [4.69, 9.17) is 58.0 Å². The second kappa shape index (κ2) is 36.9. The fraction of sp³-hybridized carbons (Fsp3) is 0.319. The van der Waals surface area contributed by atoms with Crippen LogP contribution in [0.5, 0.6) is 46.0 Å². The van der Waals surface area contributed by atoms with Crippen molar-refractivity contribution < 1.29 is 43.0 Å². The highest BCUT2D eigenvalue weighted by Gasteiger charge is 2.23. The van der Waals surface area contributed by atoms with E-state index in [0.717, 1.165) is 140 Å². The number of aryl methyl sites for hydroxylation is 3. The second-order valence-electron chi connectivity index (χ2n) is 29.2. The Balaban J connectivity index is 0.000000135. The van der Waals surface area contributed by atoms with Crippen molar-refractivity contribution in [1.82, 2.24) is 57.6 Å². The summed E-state index contributed by atoms with van der Waals surface area (Å²) in [6.07, 6.45) is 19.3. The van der Waals surface area contributed by atoms with Gasteiger partial charge in [-0.25, -0.2) is 19.9 Å². The smallest absolute Gasteiger partial charge is 0.258 e. The Kier molecular flexibility index (Phi) is 26.0. The molecule has 2 N–H and O–H groups in total. The van der Waals surface area contributed by atoms with Crippen molar-refractivity contribution in [1.29, 1.82) is 0 Å². The minimum absolute atomic E-state index is 0.0753. The van der Waals surface area contributed by atoms with Crippen LogP contribution >= 0.6 is 0 Å². The minimum atomic E-state index is -0.127. The van der Waals surface area contributed by atoms with Gasteiger partial charge in [-0.05, 0) is 239 Å². The number of benzene rings is 4. The molecular formula is C91H100N12O13. The highest BCUT2D eigenvalue weighted by molar-refractivity contribution is 5.75. The molecule has 1 saturated heterocycles. The summed E-state index contributed by atoms with van der Waals surface area (Å²) < 4.78 is 49.2. The fourth-order valence-corrected chi connectivity index (χ4v) is 15.1. The molecule has 4 aliphatic rings. The molecule has 4 aliphatic heterocycles. The van der Waals surface area contributed by atoms with E-state index in [9.17, 15) is 19.2 Å². The van der Waals surface area contributed by atoms with E-state index in [2.05, 4.69) is 75.5 Å². The molecule has 0 atom stereocenters. The second-order valence-corrected chi connectivity index (χ2v) is 29.2. The highest BCUT2D eigenvalue weighted by atomic mass is 16.5. The van der Waals surface area contributed by atoms with Gasteiger partial charge in [0.25, 0.3) is 22.2 Å². The number of ether oxygens (including phenoxy) is 8. The summed E-state index contributed by atoms with van der Waals surface area (Å²) in [7, 11) is 17.0. The summed E-state index contributed by atoms with van der Waals surface area (Å²) in [4.78, 5) is 77.3. The van der Waals surface area contributed by atoms with E-state index in [1.54, 1.807) is 98.7 Å². The first-order valence-electron chi connectivity index (χ1n) is 38.8. The van der Waals surface area contributed by atoms with E-state index in [0.29, 0.717) is 104 Å². The van der Waals surface area contributed by atoms with Crippen LogP contribution < -0.4 is 65.4 Å². The Bertz CT molecular complexity index is 6000. The van der Waals surface area contributed by atoms with Crippen molar-refractivity contribution in [2.45, 2.75) is 58.8 Å². The van der Waals surface area contributed by atoms with Crippen molar-refractivity contribution in [3.63, 3.8) is 0 Å². The lowest BCUT2D eigenvalue weighted by Crippen LogP contribution is -2.31. The van der Waals surface area contributed by atoms with Crippen molar-refractivity contribution in [3.05, 3.63) is 251 Å². The zero-order valence-corrected chi connectivity index (χ0v) is 68.1. The van der Waals surface area contributed by atoms with Crippen LogP contribution in [-0.4, -0.2) is 194 Å². The first kappa shape index (κ1) is 81.7. The number of aliphatic hydroxyl groups excluding tert-OH is 1. The largest absolute Gasteiger partial charge is 0.493 e. The van der Waals surface area contributed by atoms with Gasteiger partial charge < -0.3 is 58.1 Å². The summed E-state index contributed by atoms with van der Waals surface area (Å²) in [5, 5.41) is 12.5. The summed E-state index contributed by atoms with van der Waals surface area (Å²) in [5.74, 6) is 5.45. The number of rotatable bonds is 18. The van der Waals surface area contributed by atoms with E-state index in [-0.39, 0.29) is 28.8 Å². The van der Waals surface area contributed by atoms with Gasteiger partial charge in [0, 0.05) is 117 Å². The maximum absolute atomic E-state index is 13.0. The topological polar surface area (TPSA) is 253 Å². The molecule has 116 heavy (non-hydrogen) atoms. The lowest BCUT2D eigenvalue weighted by molar-refractivity contribution is 0.208. The van der Waals surface area contributed by atoms with Crippen LogP contribution in [0, 0.1) is 20.8 Å². The van der Waals surface area contributed by atoms with Crippen LogP contribution in [0.1, 0.15) is 77.0 Å². The predicted octanol–water partition coefficient (Wildman–Crippen LogP) is 12.4. The molecule has 12 aromatic rings. The van der Waals surface area contributed by atoms with Crippen LogP contribution in [0.2, 0.25) is 0 Å². The van der Waals surface area contributed by atoms with E-state index in [1.807, 2.05) is 130 Å². The van der Waals surface area contributed by atoms with E-state index < -0.39 is 0 Å². The molecule has 0 radical (unpaired) electrons. The van der Waals surface area contributed by atoms with E-state index in [1.165, 1.54) is 22.3 Å². The number of hydrogen-bond donors (Lipinski definition) is 2. The molecule has 0 aliphatic carbocycles. The minimum Gasteiger partial charge on any atom is -0.493 e. The number of β-amino-alcohol motifs (C(OH)–C–C–N with tert-alkyl or cyclic N) is 1. The maximum atomic E-state index is 13.0. The number of nitrogens with one attached hydrogen (secondary N) is 1. The van der Waals surface area contributed by atoms with Crippen LogP contribution in [0.4, 0.5) is 0 Å². The number of hydrogen-bond acceptors (Lipinski definition) is 21. The summed E-state index contributed by atoms with van der Waals surface area (Å²) >= 11 is 0. The van der Waals surface area contributed by atoms with Crippen molar-refractivity contribution >= 4 is 39.3 Å². The molecule has 4 aromatic carbocycles. The Morgan fingerprint density at radius 3 is 1.09 bits per heavy atom. The molecule has 12 heterocycles. The van der Waals surface area contributed by atoms with Gasteiger partial charge >= 0.3 is 0 Å². The normalized spacial score (nSPS) is 14.7. The number of likely N-dealkylation sites (N-methyl/N-ethyl adjacent to an activating group) is 2. The van der Waals surface area contributed by atoms with Gasteiger partial charge in [-0.3, -0.25) is 41.7 Å². The van der Waals surface area contributed by atoms with Crippen LogP contribution in [0.15, 0.2) is 190 Å². The number of nitrogens with zero attached hydrogens (tertiary/aromatic N) is 11. The van der Waals surface area contributed by atoms with E-state index >= 15 is 0 Å². The maximum Gasteiger partial charge on any atom is 0.258 e. The first-order chi connectivity index (χ1) is 56.2. The number of piperidine rings is 1. The molecule has 16 rings (SSSR count). The van der Waals surface area contributed by atoms with Crippen LogP contribution in [-0.2, 0) is 0 Å². The highest BCUT2D eigenvalue weighted by Crippen LogP contribution is 2.38. The summed E-state index contributed by atoms with van der Waals surface area (Å²) in [5.41, 5.74) is 19.0. The number of methoxy groups -OCH3 is 8. The molecule has 0 bridgehead atoms. The third-order valence-corrected chi connectivity index (χ3v) is 21.7. The average Bonchev–Trinajstić information content (AvgIpc) is 0.784. The lowest BCUT2D eigenvalue weighted by Gasteiger charge is -2.25. The van der Waals surface area contributed by atoms with Crippen molar-refractivity contribution in [3.8, 4) is 91.0 Å².